The Balaban J connectivity index is 2.20. The van der Waals surface area contributed by atoms with Crippen molar-refractivity contribution in [1.29, 1.82) is 0 Å². The number of nitrogens with zero attached hydrogens (tertiary/aromatic N) is 2. The van der Waals surface area contributed by atoms with Gasteiger partial charge in [0.1, 0.15) is 9.84 Å². The first-order valence-corrected chi connectivity index (χ1v) is 7.10. The number of hydrogen-bond acceptors (Lipinski definition) is 6. The van der Waals surface area contributed by atoms with Crippen molar-refractivity contribution < 1.29 is 12.9 Å². The van der Waals surface area contributed by atoms with E-state index in [9.17, 15) is 8.42 Å². The summed E-state index contributed by atoms with van der Waals surface area (Å²) in [4.78, 5) is 4.17. The van der Waals surface area contributed by atoms with E-state index in [0.29, 0.717) is 31.0 Å². The van der Waals surface area contributed by atoms with Crippen molar-refractivity contribution in [3.05, 3.63) is 11.7 Å². The van der Waals surface area contributed by atoms with Crippen LogP contribution in [0.2, 0.25) is 0 Å². The molecular formula is C9H15N3O3S. The predicted molar refractivity (Wildman–Crippen MR) is 57.4 cm³/mol. The van der Waals surface area contributed by atoms with Crippen LogP contribution in [0.5, 0.6) is 0 Å². The Morgan fingerprint density at radius 1 is 1.44 bits per heavy atom. The molecule has 0 atom stereocenters. The Morgan fingerprint density at radius 2 is 2.06 bits per heavy atom. The second-order valence-electron chi connectivity index (χ2n) is 4.17. The Hall–Kier alpha value is -0.950. The van der Waals surface area contributed by atoms with E-state index in [1.165, 1.54) is 0 Å². The highest BCUT2D eigenvalue weighted by Crippen LogP contribution is 2.29. The number of sulfone groups is 1. The second kappa shape index (κ2) is 3.81. The summed E-state index contributed by atoms with van der Waals surface area (Å²) in [5.74, 6) is 1.16. The highest BCUT2D eigenvalue weighted by molar-refractivity contribution is 7.91. The van der Waals surface area contributed by atoms with E-state index < -0.39 is 15.4 Å². The van der Waals surface area contributed by atoms with Crippen molar-refractivity contribution >= 4 is 9.84 Å². The van der Waals surface area contributed by atoms with Crippen LogP contribution in [0.25, 0.3) is 0 Å². The molecule has 1 aliphatic heterocycles. The van der Waals surface area contributed by atoms with E-state index in [2.05, 4.69) is 10.1 Å². The van der Waals surface area contributed by atoms with Gasteiger partial charge in [0.2, 0.25) is 5.89 Å². The number of hydrogen-bond donors (Lipinski definition) is 1. The maximum atomic E-state index is 11.3. The molecule has 1 saturated heterocycles. The van der Waals surface area contributed by atoms with Gasteiger partial charge in [-0.05, 0) is 12.8 Å². The van der Waals surface area contributed by atoms with E-state index in [-0.39, 0.29) is 11.5 Å². The lowest BCUT2D eigenvalue weighted by molar-refractivity contribution is 0.331. The lowest BCUT2D eigenvalue weighted by atomic mass is 9.93. The molecule has 0 aliphatic carbocycles. The maximum absolute atomic E-state index is 11.3. The minimum atomic E-state index is -2.93. The molecule has 0 amide bonds. The molecule has 1 aliphatic rings. The van der Waals surface area contributed by atoms with Gasteiger partial charge >= 0.3 is 0 Å². The summed E-state index contributed by atoms with van der Waals surface area (Å²) in [6, 6.07) is 0. The number of nitrogens with two attached hydrogens (primary N) is 1. The van der Waals surface area contributed by atoms with Crippen LogP contribution in [-0.4, -0.2) is 30.1 Å². The highest BCUT2D eigenvalue weighted by atomic mass is 32.2. The van der Waals surface area contributed by atoms with Gasteiger partial charge < -0.3 is 10.3 Å². The molecule has 2 heterocycles. The van der Waals surface area contributed by atoms with Gasteiger partial charge in [-0.2, -0.15) is 4.98 Å². The Morgan fingerprint density at radius 3 is 2.56 bits per heavy atom. The van der Waals surface area contributed by atoms with E-state index in [0.717, 1.165) is 0 Å². The van der Waals surface area contributed by atoms with Crippen LogP contribution in [0, 0.1) is 0 Å². The third-order valence-electron chi connectivity index (χ3n) is 2.93. The molecule has 2 N–H and O–H groups in total. The van der Waals surface area contributed by atoms with Crippen molar-refractivity contribution in [2.45, 2.75) is 31.7 Å². The molecule has 0 saturated carbocycles. The SMILES string of the molecule is CCc1nc(C2(N)CCS(=O)(=O)CC2)no1. The Kier molecular flexibility index (Phi) is 2.75. The monoisotopic (exact) mass is 245 g/mol. The lowest BCUT2D eigenvalue weighted by Crippen LogP contribution is -2.45. The van der Waals surface area contributed by atoms with Crippen molar-refractivity contribution in [3.8, 4) is 0 Å². The van der Waals surface area contributed by atoms with Gasteiger partial charge in [0, 0.05) is 6.42 Å². The summed E-state index contributed by atoms with van der Waals surface area (Å²) in [6.07, 6.45) is 1.37. The molecule has 0 unspecified atom stereocenters. The van der Waals surface area contributed by atoms with Gasteiger partial charge in [-0.1, -0.05) is 12.1 Å². The fourth-order valence-corrected chi connectivity index (χ4v) is 3.28. The van der Waals surface area contributed by atoms with Gasteiger partial charge in [0.15, 0.2) is 5.82 Å². The molecule has 90 valence electrons. The van der Waals surface area contributed by atoms with Crippen molar-refractivity contribution in [2.75, 3.05) is 11.5 Å². The fraction of sp³-hybridized carbons (Fsp3) is 0.778. The zero-order valence-electron chi connectivity index (χ0n) is 9.14. The Labute approximate surface area is 94.1 Å². The van der Waals surface area contributed by atoms with Crippen LogP contribution in [0.15, 0.2) is 4.52 Å². The minimum Gasteiger partial charge on any atom is -0.339 e. The quantitative estimate of drug-likeness (QED) is 0.787. The lowest BCUT2D eigenvalue weighted by Gasteiger charge is -2.29. The molecule has 1 aromatic rings. The smallest absolute Gasteiger partial charge is 0.226 e. The summed E-state index contributed by atoms with van der Waals surface area (Å²) in [6.45, 7) is 1.91. The summed E-state index contributed by atoms with van der Waals surface area (Å²) in [5, 5.41) is 3.82. The van der Waals surface area contributed by atoms with Crippen LogP contribution in [-0.2, 0) is 21.8 Å². The molecule has 7 heteroatoms. The topological polar surface area (TPSA) is 99.1 Å². The fourth-order valence-electron chi connectivity index (χ4n) is 1.73. The maximum Gasteiger partial charge on any atom is 0.226 e. The number of aryl methyl sites for hydroxylation is 1. The van der Waals surface area contributed by atoms with E-state index in [1.54, 1.807) is 0 Å². The van der Waals surface area contributed by atoms with Gasteiger partial charge in [-0.15, -0.1) is 0 Å². The van der Waals surface area contributed by atoms with Crippen LogP contribution >= 0.6 is 0 Å². The molecular weight excluding hydrogens is 230 g/mol. The third-order valence-corrected chi connectivity index (χ3v) is 4.59. The minimum absolute atomic E-state index is 0.0967. The molecule has 16 heavy (non-hydrogen) atoms. The van der Waals surface area contributed by atoms with Gasteiger partial charge in [-0.3, -0.25) is 0 Å². The van der Waals surface area contributed by atoms with Gasteiger partial charge in [0.25, 0.3) is 0 Å². The predicted octanol–water partition coefficient (Wildman–Crippen LogP) is -0.00540. The summed E-state index contributed by atoms with van der Waals surface area (Å²) in [5.41, 5.74) is 5.37. The molecule has 0 bridgehead atoms. The third kappa shape index (κ3) is 2.10. The second-order valence-corrected chi connectivity index (χ2v) is 6.48. The Bertz CT molecular complexity index is 466. The molecule has 2 rings (SSSR count). The molecule has 0 spiro atoms. The average molecular weight is 245 g/mol. The van der Waals surface area contributed by atoms with Crippen LogP contribution in [0.4, 0.5) is 0 Å². The standard InChI is InChI=1S/C9H15N3O3S/c1-2-7-11-8(12-15-7)9(10)3-5-16(13,14)6-4-9/h2-6,10H2,1H3. The number of rotatable bonds is 2. The molecule has 0 aromatic carbocycles. The van der Waals surface area contributed by atoms with Crippen LogP contribution < -0.4 is 5.73 Å². The van der Waals surface area contributed by atoms with E-state index >= 15 is 0 Å². The molecule has 0 radical (unpaired) electrons. The van der Waals surface area contributed by atoms with Crippen molar-refractivity contribution in [2.24, 2.45) is 5.73 Å². The first kappa shape index (κ1) is 11.5. The van der Waals surface area contributed by atoms with E-state index in [4.69, 9.17) is 10.3 Å². The molecule has 6 nitrogen and oxygen atoms in total. The number of aromatic nitrogens is 2. The van der Waals surface area contributed by atoms with Crippen LogP contribution in [0.3, 0.4) is 0 Å². The van der Waals surface area contributed by atoms with E-state index in [1.807, 2.05) is 6.92 Å². The summed E-state index contributed by atoms with van der Waals surface area (Å²) < 4.78 is 27.6. The molecule has 1 aromatic heterocycles. The first-order valence-electron chi connectivity index (χ1n) is 5.27. The van der Waals surface area contributed by atoms with Gasteiger partial charge in [-0.25, -0.2) is 8.42 Å². The average Bonchev–Trinajstić information content (AvgIpc) is 2.72. The van der Waals surface area contributed by atoms with Crippen molar-refractivity contribution in [1.82, 2.24) is 10.1 Å². The van der Waals surface area contributed by atoms with Crippen LogP contribution in [0.1, 0.15) is 31.5 Å². The molecule has 1 fully saturated rings. The largest absolute Gasteiger partial charge is 0.339 e. The summed E-state index contributed by atoms with van der Waals surface area (Å²) in [7, 11) is -2.93. The summed E-state index contributed by atoms with van der Waals surface area (Å²) >= 11 is 0. The van der Waals surface area contributed by atoms with Crippen molar-refractivity contribution in [3.63, 3.8) is 0 Å². The zero-order chi connectivity index (χ0) is 11.8. The zero-order valence-corrected chi connectivity index (χ0v) is 9.96. The highest BCUT2D eigenvalue weighted by Gasteiger charge is 2.38. The normalized spacial score (nSPS) is 23.1. The first-order chi connectivity index (χ1) is 7.45. The van der Waals surface area contributed by atoms with Gasteiger partial charge in [0.05, 0.1) is 17.0 Å².